The number of benzene rings is 1. The standard InChI is InChI=1S/C13H13N3O4/c1-7-11(8(2)17)12(15-13(18)14-7)9-3-5-10(6-4-9)16(19)20/h3-6,11-12H,1H2,2H3,(H2,14,15,18)/t11-,12-/m0/s1. The van der Waals surface area contributed by atoms with Gasteiger partial charge in [-0.2, -0.15) is 0 Å². The maximum atomic E-state index is 11.7. The van der Waals surface area contributed by atoms with Gasteiger partial charge in [-0.05, 0) is 12.5 Å². The van der Waals surface area contributed by atoms with Gasteiger partial charge < -0.3 is 10.6 Å². The molecule has 1 aromatic rings. The van der Waals surface area contributed by atoms with Crippen LogP contribution >= 0.6 is 0 Å². The number of urea groups is 1. The van der Waals surface area contributed by atoms with E-state index in [4.69, 9.17) is 0 Å². The molecule has 2 N–H and O–H groups in total. The topological polar surface area (TPSA) is 101 Å². The van der Waals surface area contributed by atoms with Crippen molar-refractivity contribution >= 4 is 17.5 Å². The van der Waals surface area contributed by atoms with E-state index in [1.807, 2.05) is 0 Å². The third kappa shape index (κ3) is 2.51. The first kappa shape index (κ1) is 13.7. The Kier molecular flexibility index (Phi) is 3.51. The fourth-order valence-electron chi connectivity index (χ4n) is 2.24. The third-order valence-electron chi connectivity index (χ3n) is 3.17. The number of carbonyl (C=O) groups excluding carboxylic acids is 2. The van der Waals surface area contributed by atoms with Crippen molar-refractivity contribution < 1.29 is 14.5 Å². The Morgan fingerprint density at radius 2 is 1.95 bits per heavy atom. The Morgan fingerprint density at radius 3 is 2.45 bits per heavy atom. The molecule has 7 nitrogen and oxygen atoms in total. The van der Waals surface area contributed by atoms with Crippen LogP contribution in [0.2, 0.25) is 0 Å². The number of non-ortho nitro benzene ring substituents is 1. The zero-order chi connectivity index (χ0) is 14.9. The molecule has 1 aliphatic rings. The second kappa shape index (κ2) is 5.12. The highest BCUT2D eigenvalue weighted by Gasteiger charge is 2.35. The molecule has 2 amide bonds. The highest BCUT2D eigenvalue weighted by Crippen LogP contribution is 2.30. The summed E-state index contributed by atoms with van der Waals surface area (Å²) >= 11 is 0. The lowest BCUT2D eigenvalue weighted by atomic mass is 9.86. The Balaban J connectivity index is 2.36. The van der Waals surface area contributed by atoms with Crippen molar-refractivity contribution in [3.05, 3.63) is 52.2 Å². The first-order chi connectivity index (χ1) is 9.40. The van der Waals surface area contributed by atoms with E-state index in [0.29, 0.717) is 11.3 Å². The molecule has 0 bridgehead atoms. The SMILES string of the molecule is C=C1NC(=O)N[C@@H](c2ccc([N+](=O)[O-])cc2)[C@@H]1C(C)=O. The summed E-state index contributed by atoms with van der Waals surface area (Å²) in [5, 5.41) is 15.7. The van der Waals surface area contributed by atoms with Crippen LogP contribution in [0.3, 0.4) is 0 Å². The molecule has 1 heterocycles. The minimum Gasteiger partial charge on any atom is -0.330 e. The lowest BCUT2D eigenvalue weighted by Crippen LogP contribution is -2.50. The number of Topliss-reactive ketones (excluding diaryl/α,β-unsaturated/α-hetero) is 1. The van der Waals surface area contributed by atoms with Gasteiger partial charge in [-0.3, -0.25) is 14.9 Å². The van der Waals surface area contributed by atoms with Gasteiger partial charge in [-0.25, -0.2) is 4.79 Å². The summed E-state index contributed by atoms with van der Waals surface area (Å²) in [6.07, 6.45) is 0. The Morgan fingerprint density at radius 1 is 1.35 bits per heavy atom. The molecule has 20 heavy (non-hydrogen) atoms. The maximum absolute atomic E-state index is 11.7. The molecule has 0 saturated carbocycles. The predicted molar refractivity (Wildman–Crippen MR) is 70.8 cm³/mol. The summed E-state index contributed by atoms with van der Waals surface area (Å²) < 4.78 is 0. The largest absolute Gasteiger partial charge is 0.330 e. The van der Waals surface area contributed by atoms with Crippen LogP contribution in [0.15, 0.2) is 36.5 Å². The molecule has 0 spiro atoms. The van der Waals surface area contributed by atoms with Crippen molar-refractivity contribution in [3.8, 4) is 0 Å². The Bertz CT molecular complexity index is 594. The fraction of sp³-hybridized carbons (Fsp3) is 0.231. The molecule has 1 saturated heterocycles. The predicted octanol–water partition coefficient (Wildman–Crippen LogP) is 1.67. The van der Waals surface area contributed by atoms with Crippen LogP contribution in [0.5, 0.6) is 0 Å². The van der Waals surface area contributed by atoms with E-state index in [9.17, 15) is 19.7 Å². The van der Waals surface area contributed by atoms with E-state index in [1.54, 1.807) is 0 Å². The number of nitrogens with zero attached hydrogens (tertiary/aromatic N) is 1. The van der Waals surface area contributed by atoms with E-state index < -0.39 is 22.9 Å². The van der Waals surface area contributed by atoms with Crippen LogP contribution in [-0.2, 0) is 4.79 Å². The molecule has 0 aliphatic carbocycles. The van der Waals surface area contributed by atoms with E-state index in [2.05, 4.69) is 17.2 Å². The van der Waals surface area contributed by atoms with Gasteiger partial charge in [0.15, 0.2) is 0 Å². The van der Waals surface area contributed by atoms with E-state index in [-0.39, 0.29) is 11.5 Å². The number of amides is 2. The number of hydrogen-bond donors (Lipinski definition) is 2. The van der Waals surface area contributed by atoms with Crippen LogP contribution < -0.4 is 10.6 Å². The van der Waals surface area contributed by atoms with E-state index in [1.165, 1.54) is 31.2 Å². The van der Waals surface area contributed by atoms with Crippen LogP contribution in [0.1, 0.15) is 18.5 Å². The van der Waals surface area contributed by atoms with Crippen LogP contribution in [0, 0.1) is 16.0 Å². The van der Waals surface area contributed by atoms with Crippen molar-refractivity contribution in [2.75, 3.05) is 0 Å². The molecule has 2 rings (SSSR count). The van der Waals surface area contributed by atoms with Gasteiger partial charge in [-0.1, -0.05) is 18.7 Å². The van der Waals surface area contributed by atoms with Crippen LogP contribution in [0.4, 0.5) is 10.5 Å². The average Bonchev–Trinajstić information content (AvgIpc) is 2.37. The molecule has 7 heteroatoms. The molecular formula is C13H13N3O4. The van der Waals surface area contributed by atoms with Gasteiger partial charge in [0.1, 0.15) is 5.78 Å². The van der Waals surface area contributed by atoms with E-state index in [0.717, 1.165) is 0 Å². The summed E-state index contributed by atoms with van der Waals surface area (Å²) in [4.78, 5) is 33.3. The Labute approximate surface area is 114 Å². The summed E-state index contributed by atoms with van der Waals surface area (Å²) in [7, 11) is 0. The van der Waals surface area contributed by atoms with Crippen LogP contribution in [-0.4, -0.2) is 16.7 Å². The normalized spacial score (nSPS) is 21.9. The number of nitro groups is 1. The second-order valence-corrected chi connectivity index (χ2v) is 4.54. The van der Waals surface area contributed by atoms with Gasteiger partial charge in [0.2, 0.25) is 0 Å². The minimum atomic E-state index is -0.603. The molecular weight excluding hydrogens is 262 g/mol. The monoisotopic (exact) mass is 275 g/mol. The molecule has 0 radical (unpaired) electrons. The highest BCUT2D eigenvalue weighted by atomic mass is 16.6. The quantitative estimate of drug-likeness (QED) is 0.647. The number of rotatable bonds is 3. The highest BCUT2D eigenvalue weighted by molar-refractivity contribution is 5.87. The van der Waals surface area contributed by atoms with Gasteiger partial charge in [-0.15, -0.1) is 0 Å². The van der Waals surface area contributed by atoms with Crippen molar-refractivity contribution in [2.45, 2.75) is 13.0 Å². The number of ketones is 1. The zero-order valence-electron chi connectivity index (χ0n) is 10.8. The molecule has 0 unspecified atom stereocenters. The molecule has 2 atom stereocenters. The third-order valence-corrected chi connectivity index (χ3v) is 3.17. The number of carbonyl (C=O) groups is 2. The lowest BCUT2D eigenvalue weighted by molar-refractivity contribution is -0.384. The number of hydrogen-bond acceptors (Lipinski definition) is 4. The van der Waals surface area contributed by atoms with Gasteiger partial charge >= 0.3 is 6.03 Å². The van der Waals surface area contributed by atoms with E-state index >= 15 is 0 Å². The summed E-state index contributed by atoms with van der Waals surface area (Å²) in [6, 6.07) is 4.70. The average molecular weight is 275 g/mol. The maximum Gasteiger partial charge on any atom is 0.319 e. The molecule has 104 valence electrons. The van der Waals surface area contributed by atoms with Crippen molar-refractivity contribution in [3.63, 3.8) is 0 Å². The first-order valence-corrected chi connectivity index (χ1v) is 5.91. The number of nitro benzene ring substituents is 1. The molecule has 1 aliphatic heterocycles. The second-order valence-electron chi connectivity index (χ2n) is 4.54. The van der Waals surface area contributed by atoms with Gasteiger partial charge in [0, 0.05) is 17.8 Å². The number of nitrogens with one attached hydrogen (secondary N) is 2. The smallest absolute Gasteiger partial charge is 0.319 e. The summed E-state index contributed by atoms with van der Waals surface area (Å²) in [5.74, 6) is -0.750. The van der Waals surface area contributed by atoms with Gasteiger partial charge in [0.05, 0.1) is 16.9 Å². The molecule has 1 fully saturated rings. The fourth-order valence-corrected chi connectivity index (χ4v) is 2.24. The minimum absolute atomic E-state index is 0.0489. The van der Waals surface area contributed by atoms with Crippen molar-refractivity contribution in [1.29, 1.82) is 0 Å². The Hall–Kier alpha value is -2.70. The molecule has 1 aromatic carbocycles. The summed E-state index contributed by atoms with van der Waals surface area (Å²) in [5.41, 5.74) is 0.892. The summed E-state index contributed by atoms with van der Waals surface area (Å²) in [6.45, 7) is 5.10. The van der Waals surface area contributed by atoms with Crippen molar-refractivity contribution in [2.24, 2.45) is 5.92 Å². The molecule has 0 aromatic heterocycles. The van der Waals surface area contributed by atoms with Crippen molar-refractivity contribution in [1.82, 2.24) is 10.6 Å². The first-order valence-electron chi connectivity index (χ1n) is 5.91. The van der Waals surface area contributed by atoms with Crippen LogP contribution in [0.25, 0.3) is 0 Å². The zero-order valence-corrected chi connectivity index (χ0v) is 10.8. The lowest BCUT2D eigenvalue weighted by Gasteiger charge is -2.33. The van der Waals surface area contributed by atoms with Gasteiger partial charge in [0.25, 0.3) is 5.69 Å².